The molecular formula is C16H23NO3S. The van der Waals surface area contributed by atoms with Crippen LogP contribution in [-0.2, 0) is 15.0 Å². The lowest BCUT2D eigenvalue weighted by Gasteiger charge is -2.19. The zero-order valence-electron chi connectivity index (χ0n) is 12.8. The third-order valence-electron chi connectivity index (χ3n) is 2.98. The second-order valence-electron chi connectivity index (χ2n) is 5.91. The van der Waals surface area contributed by atoms with Gasteiger partial charge in [0.05, 0.1) is 5.75 Å². The SMILES string of the molecule is CC(C)(C)c1ccc(SCC(=O)NCCCC(=O)O)cc1. The molecule has 0 saturated carbocycles. The molecule has 116 valence electrons. The van der Waals surface area contributed by atoms with Gasteiger partial charge in [-0.25, -0.2) is 0 Å². The Morgan fingerprint density at radius 2 is 1.81 bits per heavy atom. The molecule has 0 aromatic heterocycles. The topological polar surface area (TPSA) is 66.4 Å². The number of hydrogen-bond acceptors (Lipinski definition) is 3. The predicted octanol–water partition coefficient (Wildman–Crippen LogP) is 3.06. The van der Waals surface area contributed by atoms with Gasteiger partial charge in [0, 0.05) is 17.9 Å². The predicted molar refractivity (Wildman–Crippen MR) is 85.7 cm³/mol. The number of hydrogen-bond donors (Lipinski definition) is 2. The second-order valence-corrected chi connectivity index (χ2v) is 6.96. The minimum absolute atomic E-state index is 0.0645. The standard InChI is InChI=1S/C16H23NO3S/c1-16(2,3)12-6-8-13(9-7-12)21-11-14(18)17-10-4-5-15(19)20/h6-9H,4-5,10-11H2,1-3H3,(H,17,18)(H,19,20). The Morgan fingerprint density at radius 3 is 2.33 bits per heavy atom. The van der Waals surface area contributed by atoms with Crippen LogP contribution in [0.1, 0.15) is 39.2 Å². The Morgan fingerprint density at radius 1 is 1.19 bits per heavy atom. The van der Waals surface area contributed by atoms with Crippen molar-refractivity contribution in [2.24, 2.45) is 0 Å². The second kappa shape index (κ2) is 8.08. The zero-order valence-corrected chi connectivity index (χ0v) is 13.6. The Hall–Kier alpha value is -1.49. The van der Waals surface area contributed by atoms with Gasteiger partial charge in [-0.2, -0.15) is 0 Å². The maximum atomic E-state index is 11.6. The monoisotopic (exact) mass is 309 g/mol. The van der Waals surface area contributed by atoms with Crippen LogP contribution in [0.4, 0.5) is 0 Å². The van der Waals surface area contributed by atoms with Gasteiger partial charge in [-0.3, -0.25) is 9.59 Å². The summed E-state index contributed by atoms with van der Waals surface area (Å²) in [5.41, 5.74) is 1.40. The van der Waals surface area contributed by atoms with Crippen LogP contribution in [-0.4, -0.2) is 29.3 Å². The van der Waals surface area contributed by atoms with Gasteiger partial charge in [-0.1, -0.05) is 32.9 Å². The molecule has 21 heavy (non-hydrogen) atoms. The highest BCUT2D eigenvalue weighted by Gasteiger charge is 2.13. The van der Waals surface area contributed by atoms with E-state index in [0.29, 0.717) is 18.7 Å². The van der Waals surface area contributed by atoms with E-state index in [9.17, 15) is 9.59 Å². The lowest BCUT2D eigenvalue weighted by molar-refractivity contribution is -0.137. The average molecular weight is 309 g/mol. The van der Waals surface area contributed by atoms with Crippen LogP contribution < -0.4 is 5.32 Å². The lowest BCUT2D eigenvalue weighted by atomic mass is 9.87. The van der Waals surface area contributed by atoms with Crippen molar-refractivity contribution in [3.05, 3.63) is 29.8 Å². The summed E-state index contributed by atoms with van der Waals surface area (Å²) in [5, 5.41) is 11.2. The summed E-state index contributed by atoms with van der Waals surface area (Å²) in [7, 11) is 0. The molecule has 0 heterocycles. The summed E-state index contributed by atoms with van der Waals surface area (Å²) in [4.78, 5) is 23.0. The molecule has 0 aliphatic heterocycles. The van der Waals surface area contributed by atoms with Crippen molar-refractivity contribution in [2.45, 2.75) is 43.9 Å². The van der Waals surface area contributed by atoms with E-state index in [-0.39, 0.29) is 17.7 Å². The molecule has 0 atom stereocenters. The fourth-order valence-electron chi connectivity index (χ4n) is 1.72. The van der Waals surface area contributed by atoms with E-state index < -0.39 is 5.97 Å². The summed E-state index contributed by atoms with van der Waals surface area (Å²) in [5.74, 6) is -0.551. The van der Waals surface area contributed by atoms with Crippen LogP contribution in [0.5, 0.6) is 0 Å². The van der Waals surface area contributed by atoms with E-state index in [1.807, 2.05) is 12.1 Å². The zero-order chi connectivity index (χ0) is 15.9. The molecule has 0 aliphatic carbocycles. The first kappa shape index (κ1) is 17.6. The Balaban J connectivity index is 2.31. The van der Waals surface area contributed by atoms with Gasteiger partial charge in [-0.05, 0) is 29.5 Å². The number of carbonyl (C=O) groups is 2. The molecule has 1 rings (SSSR count). The number of amides is 1. The largest absolute Gasteiger partial charge is 0.481 e. The minimum atomic E-state index is -0.836. The summed E-state index contributed by atoms with van der Waals surface area (Å²) >= 11 is 1.48. The molecule has 5 heteroatoms. The van der Waals surface area contributed by atoms with Crippen molar-refractivity contribution in [1.82, 2.24) is 5.32 Å². The highest BCUT2D eigenvalue weighted by molar-refractivity contribution is 8.00. The number of aliphatic carboxylic acids is 1. The third-order valence-corrected chi connectivity index (χ3v) is 3.99. The van der Waals surface area contributed by atoms with Crippen molar-refractivity contribution in [2.75, 3.05) is 12.3 Å². The van der Waals surface area contributed by atoms with Gasteiger partial charge in [0.25, 0.3) is 0 Å². The number of carboxylic acid groups (broad SMARTS) is 1. The number of nitrogens with one attached hydrogen (secondary N) is 1. The Bertz CT molecular complexity index is 477. The number of thioether (sulfide) groups is 1. The van der Waals surface area contributed by atoms with Gasteiger partial charge in [0.15, 0.2) is 0 Å². The molecule has 0 saturated heterocycles. The first-order valence-electron chi connectivity index (χ1n) is 7.01. The molecule has 0 bridgehead atoms. The smallest absolute Gasteiger partial charge is 0.303 e. The maximum Gasteiger partial charge on any atom is 0.303 e. The molecule has 2 N–H and O–H groups in total. The van der Waals surface area contributed by atoms with Crippen LogP contribution >= 0.6 is 11.8 Å². The van der Waals surface area contributed by atoms with Crippen LogP contribution in [0.25, 0.3) is 0 Å². The van der Waals surface area contributed by atoms with Crippen LogP contribution in [0.15, 0.2) is 29.2 Å². The molecule has 1 aromatic carbocycles. The van der Waals surface area contributed by atoms with E-state index in [4.69, 9.17) is 5.11 Å². The van der Waals surface area contributed by atoms with Gasteiger partial charge >= 0.3 is 5.97 Å². The molecule has 0 aliphatic rings. The summed E-state index contributed by atoms with van der Waals surface area (Å²) < 4.78 is 0. The third kappa shape index (κ3) is 7.18. The number of carbonyl (C=O) groups excluding carboxylic acids is 1. The Kier molecular flexibility index (Phi) is 6.75. The summed E-state index contributed by atoms with van der Waals surface area (Å²) in [6.07, 6.45) is 0.549. The average Bonchev–Trinajstić information content (AvgIpc) is 2.40. The van der Waals surface area contributed by atoms with E-state index in [2.05, 4.69) is 38.2 Å². The first-order valence-corrected chi connectivity index (χ1v) is 7.99. The molecule has 0 radical (unpaired) electrons. The fourth-order valence-corrected chi connectivity index (χ4v) is 2.45. The molecule has 4 nitrogen and oxygen atoms in total. The maximum absolute atomic E-state index is 11.6. The minimum Gasteiger partial charge on any atom is -0.481 e. The number of carboxylic acids is 1. The number of benzene rings is 1. The van der Waals surface area contributed by atoms with Crippen LogP contribution in [0.3, 0.4) is 0 Å². The van der Waals surface area contributed by atoms with Crippen LogP contribution in [0.2, 0.25) is 0 Å². The van der Waals surface area contributed by atoms with Crippen molar-refractivity contribution in [1.29, 1.82) is 0 Å². The van der Waals surface area contributed by atoms with Gasteiger partial charge < -0.3 is 10.4 Å². The van der Waals surface area contributed by atoms with E-state index in [0.717, 1.165) is 4.90 Å². The molecule has 0 spiro atoms. The van der Waals surface area contributed by atoms with E-state index >= 15 is 0 Å². The normalized spacial score (nSPS) is 11.2. The molecule has 1 aromatic rings. The van der Waals surface area contributed by atoms with Crippen molar-refractivity contribution in [3.8, 4) is 0 Å². The van der Waals surface area contributed by atoms with Gasteiger partial charge in [-0.15, -0.1) is 11.8 Å². The van der Waals surface area contributed by atoms with Crippen molar-refractivity contribution < 1.29 is 14.7 Å². The van der Waals surface area contributed by atoms with Crippen molar-refractivity contribution >= 4 is 23.6 Å². The van der Waals surface area contributed by atoms with E-state index in [1.54, 1.807) is 0 Å². The Labute approximate surface area is 130 Å². The number of rotatable bonds is 7. The molecule has 1 amide bonds. The highest BCUT2D eigenvalue weighted by Crippen LogP contribution is 2.25. The molecule has 0 unspecified atom stereocenters. The fraction of sp³-hybridized carbons (Fsp3) is 0.500. The molecule has 0 fully saturated rings. The van der Waals surface area contributed by atoms with Crippen molar-refractivity contribution in [3.63, 3.8) is 0 Å². The lowest BCUT2D eigenvalue weighted by Crippen LogP contribution is -2.26. The first-order chi connectivity index (χ1) is 9.79. The van der Waals surface area contributed by atoms with Gasteiger partial charge in [0.1, 0.15) is 0 Å². The molecular weight excluding hydrogens is 286 g/mol. The quantitative estimate of drug-likeness (QED) is 0.600. The van der Waals surface area contributed by atoms with Gasteiger partial charge in [0.2, 0.25) is 5.91 Å². The summed E-state index contributed by atoms with van der Waals surface area (Å²) in [6, 6.07) is 8.24. The van der Waals surface area contributed by atoms with Crippen LogP contribution in [0, 0.1) is 0 Å². The summed E-state index contributed by atoms with van der Waals surface area (Å²) in [6.45, 7) is 6.91. The van der Waals surface area contributed by atoms with E-state index in [1.165, 1.54) is 17.3 Å². The highest BCUT2D eigenvalue weighted by atomic mass is 32.2.